The van der Waals surface area contributed by atoms with Gasteiger partial charge >= 0.3 is 12.1 Å². The van der Waals surface area contributed by atoms with Crippen molar-refractivity contribution in [3.05, 3.63) is 63.8 Å². The van der Waals surface area contributed by atoms with Crippen molar-refractivity contribution >= 4 is 29.1 Å². The zero-order chi connectivity index (χ0) is 20.6. The van der Waals surface area contributed by atoms with E-state index in [1.165, 1.54) is 19.1 Å². The molecule has 0 aliphatic carbocycles. The lowest BCUT2D eigenvalue weighted by Crippen LogP contribution is -2.16. The van der Waals surface area contributed by atoms with Crippen LogP contribution in [-0.4, -0.2) is 26.4 Å². The van der Waals surface area contributed by atoms with Crippen molar-refractivity contribution < 1.29 is 27.2 Å². The Kier molecular flexibility index (Phi) is 4.94. The van der Waals surface area contributed by atoms with E-state index in [2.05, 4.69) is 20.1 Å². The molecule has 2 heterocycles. The number of carbonyl (C=O) groups is 1. The van der Waals surface area contributed by atoms with Crippen molar-refractivity contribution in [2.45, 2.75) is 13.1 Å². The second-order valence-corrected chi connectivity index (χ2v) is 5.92. The summed E-state index contributed by atoms with van der Waals surface area (Å²) in [6, 6.07) is 5.58. The van der Waals surface area contributed by atoms with Gasteiger partial charge in [-0.15, -0.1) is 0 Å². The molecule has 0 radical (unpaired) electrons. The van der Waals surface area contributed by atoms with Gasteiger partial charge in [0.1, 0.15) is 16.5 Å². The van der Waals surface area contributed by atoms with Gasteiger partial charge in [-0.2, -0.15) is 18.3 Å². The van der Waals surface area contributed by atoms with Crippen LogP contribution >= 0.6 is 11.6 Å². The molecule has 28 heavy (non-hydrogen) atoms. The predicted molar refractivity (Wildman–Crippen MR) is 90.3 cm³/mol. The number of aryl methyl sites for hydroxylation is 1. The largest absolute Gasteiger partial charge is 0.433 e. The topological polar surface area (TPSA) is 94.9 Å². The molecule has 0 spiro atoms. The van der Waals surface area contributed by atoms with Crippen LogP contribution < -0.4 is 5.73 Å². The van der Waals surface area contributed by atoms with E-state index in [1.807, 2.05) is 0 Å². The minimum atomic E-state index is -4.76. The highest BCUT2D eigenvalue weighted by atomic mass is 35.5. The number of fused-ring (bicyclic) bond motifs is 1. The number of nitrogens with two attached hydrogens (primary N) is 1. The van der Waals surface area contributed by atoms with Gasteiger partial charge in [0.2, 0.25) is 0 Å². The van der Waals surface area contributed by atoms with Gasteiger partial charge in [0.25, 0.3) is 0 Å². The number of rotatable bonds is 3. The van der Waals surface area contributed by atoms with Crippen molar-refractivity contribution in [2.75, 3.05) is 0 Å². The Bertz CT molecular complexity index is 1090. The number of alkyl halides is 3. The van der Waals surface area contributed by atoms with Gasteiger partial charge in [-0.3, -0.25) is 0 Å². The third-order valence-electron chi connectivity index (χ3n) is 3.51. The number of aromatic nitrogens is 3. The van der Waals surface area contributed by atoms with E-state index in [0.717, 1.165) is 18.2 Å². The van der Waals surface area contributed by atoms with Crippen LogP contribution in [0, 0.1) is 12.7 Å². The molecular formula is C16H10ClF4N5O2. The minimum absolute atomic E-state index is 0.0279. The lowest BCUT2D eigenvalue weighted by atomic mass is 10.2. The molecular weight excluding hydrogens is 406 g/mol. The fourth-order valence-electron chi connectivity index (χ4n) is 2.25. The van der Waals surface area contributed by atoms with Crippen LogP contribution in [0.1, 0.15) is 27.4 Å². The second kappa shape index (κ2) is 7.08. The van der Waals surface area contributed by atoms with E-state index >= 15 is 0 Å². The summed E-state index contributed by atoms with van der Waals surface area (Å²) >= 11 is 5.96. The third-order valence-corrected chi connectivity index (χ3v) is 3.86. The summed E-state index contributed by atoms with van der Waals surface area (Å²) in [5.74, 6) is -2.02. The summed E-state index contributed by atoms with van der Waals surface area (Å²) in [4.78, 5) is 20.6. The molecule has 2 aromatic heterocycles. The summed E-state index contributed by atoms with van der Waals surface area (Å²) in [5, 5.41) is 6.49. The Morgan fingerprint density at radius 3 is 2.54 bits per heavy atom. The zero-order valence-electron chi connectivity index (χ0n) is 14.0. The summed E-state index contributed by atoms with van der Waals surface area (Å²) in [6.45, 7) is 1.34. The average molecular weight is 416 g/mol. The molecule has 3 aromatic rings. The molecule has 1 aromatic carbocycles. The number of benzene rings is 1. The number of hydrogen-bond donors (Lipinski definition) is 1. The number of nitrogens with zero attached hydrogens (tertiary/aromatic N) is 4. The van der Waals surface area contributed by atoms with Gasteiger partial charge in [0, 0.05) is 11.3 Å². The van der Waals surface area contributed by atoms with Gasteiger partial charge in [0.05, 0.1) is 0 Å². The number of hydrogen-bond acceptors (Lipinski definition) is 5. The fraction of sp³-hybridized carbons (Fsp3) is 0.125. The highest BCUT2D eigenvalue weighted by Gasteiger charge is 2.36. The molecule has 146 valence electrons. The van der Waals surface area contributed by atoms with Crippen LogP contribution in [0.5, 0.6) is 0 Å². The average Bonchev–Trinajstić information content (AvgIpc) is 2.95. The lowest BCUT2D eigenvalue weighted by Gasteiger charge is -2.09. The number of halogens is 5. The first kappa shape index (κ1) is 19.5. The number of carbonyl (C=O) groups excluding carboxylic acids is 1. The molecule has 0 bridgehead atoms. The van der Waals surface area contributed by atoms with E-state index in [-0.39, 0.29) is 22.7 Å². The number of amidine groups is 1. The van der Waals surface area contributed by atoms with Crippen molar-refractivity contribution in [2.24, 2.45) is 10.9 Å². The van der Waals surface area contributed by atoms with Crippen LogP contribution in [0.2, 0.25) is 5.02 Å². The molecule has 0 unspecified atom stereocenters. The van der Waals surface area contributed by atoms with Crippen LogP contribution in [0.3, 0.4) is 0 Å². The van der Waals surface area contributed by atoms with E-state index in [1.54, 1.807) is 0 Å². The maximum Gasteiger partial charge on any atom is 0.433 e. The molecule has 3 rings (SSSR count). The van der Waals surface area contributed by atoms with Gasteiger partial charge in [-0.25, -0.2) is 18.7 Å². The summed E-state index contributed by atoms with van der Waals surface area (Å²) in [6.07, 6.45) is -4.76. The van der Waals surface area contributed by atoms with Crippen molar-refractivity contribution in [3.63, 3.8) is 0 Å². The van der Waals surface area contributed by atoms with Crippen LogP contribution in [0.4, 0.5) is 17.6 Å². The first-order chi connectivity index (χ1) is 13.1. The number of oxime groups is 1. The van der Waals surface area contributed by atoms with Gasteiger partial charge in [0.15, 0.2) is 17.2 Å². The quantitative estimate of drug-likeness (QED) is 0.233. The molecule has 0 aliphatic rings. The smallest absolute Gasteiger partial charge is 0.380 e. The van der Waals surface area contributed by atoms with E-state index in [9.17, 15) is 22.4 Å². The molecule has 0 amide bonds. The molecule has 2 N–H and O–H groups in total. The van der Waals surface area contributed by atoms with Crippen LogP contribution in [-0.2, 0) is 11.0 Å². The minimum Gasteiger partial charge on any atom is -0.380 e. The Morgan fingerprint density at radius 2 is 1.93 bits per heavy atom. The summed E-state index contributed by atoms with van der Waals surface area (Å²) in [5.41, 5.74) is 3.75. The second-order valence-electron chi connectivity index (χ2n) is 5.54. The summed E-state index contributed by atoms with van der Waals surface area (Å²) < 4.78 is 52.9. The van der Waals surface area contributed by atoms with E-state index in [4.69, 9.17) is 17.3 Å². The van der Waals surface area contributed by atoms with E-state index < -0.39 is 34.4 Å². The standard InChI is InChI=1S/C16H10ClF4N5O2/c1-7-6-10(16(19,20)21)26-14(23-7)11(17)12(24-26)15(27)28-25-13(22)8-2-4-9(18)5-3-8/h2-6H,1H3,(H2,22,25). The normalized spacial score (nSPS) is 12.4. The van der Waals surface area contributed by atoms with Gasteiger partial charge in [-0.1, -0.05) is 16.8 Å². The molecule has 0 atom stereocenters. The SMILES string of the molecule is Cc1cc(C(F)(F)F)n2nc(C(=O)O/N=C(\N)c3ccc(F)cc3)c(Cl)c2n1. The van der Waals surface area contributed by atoms with Crippen molar-refractivity contribution in [3.8, 4) is 0 Å². The molecule has 0 saturated heterocycles. The van der Waals surface area contributed by atoms with Crippen molar-refractivity contribution in [1.82, 2.24) is 14.6 Å². The maximum absolute atomic E-state index is 13.2. The maximum atomic E-state index is 13.2. The molecule has 12 heteroatoms. The first-order valence-electron chi connectivity index (χ1n) is 7.51. The summed E-state index contributed by atoms with van der Waals surface area (Å²) in [7, 11) is 0. The fourth-order valence-corrected chi connectivity index (χ4v) is 2.49. The Hall–Kier alpha value is -3.21. The highest BCUT2D eigenvalue weighted by molar-refractivity contribution is 6.36. The van der Waals surface area contributed by atoms with E-state index in [0.29, 0.717) is 4.52 Å². The van der Waals surface area contributed by atoms with Crippen LogP contribution in [0.15, 0.2) is 35.5 Å². The van der Waals surface area contributed by atoms with Gasteiger partial charge in [-0.05, 0) is 37.3 Å². The zero-order valence-corrected chi connectivity index (χ0v) is 14.7. The molecule has 0 fully saturated rings. The Balaban J connectivity index is 1.95. The molecule has 7 nitrogen and oxygen atoms in total. The first-order valence-corrected chi connectivity index (χ1v) is 7.89. The van der Waals surface area contributed by atoms with Crippen molar-refractivity contribution in [1.29, 1.82) is 0 Å². The Labute approximate surface area is 159 Å². The van der Waals surface area contributed by atoms with Gasteiger partial charge < -0.3 is 10.6 Å². The predicted octanol–water partition coefficient (Wildman–Crippen LogP) is 3.33. The molecule has 0 saturated carbocycles. The molecule has 0 aliphatic heterocycles. The highest BCUT2D eigenvalue weighted by Crippen LogP contribution is 2.32. The monoisotopic (exact) mass is 415 g/mol. The Morgan fingerprint density at radius 1 is 1.29 bits per heavy atom. The lowest BCUT2D eigenvalue weighted by molar-refractivity contribution is -0.142. The van der Waals surface area contributed by atoms with Crippen LogP contribution in [0.25, 0.3) is 5.65 Å². The third kappa shape index (κ3) is 3.74.